The number of benzene rings is 2. The van der Waals surface area contributed by atoms with Gasteiger partial charge in [-0.3, -0.25) is 9.59 Å². The zero-order chi connectivity index (χ0) is 18.9. The Morgan fingerprint density at radius 1 is 0.923 bits per heavy atom. The lowest BCUT2D eigenvalue weighted by atomic mass is 9.86. The molecule has 26 heavy (non-hydrogen) atoms. The molecule has 0 saturated heterocycles. The first-order valence-electron chi connectivity index (χ1n) is 9.03. The predicted octanol–water partition coefficient (Wildman–Crippen LogP) is 4.51. The monoisotopic (exact) mass is 350 g/mol. The average Bonchev–Trinajstić information content (AvgIpc) is 3.35. The lowest BCUT2D eigenvalue weighted by molar-refractivity contribution is -0.122. The van der Waals surface area contributed by atoms with Crippen LogP contribution in [0.1, 0.15) is 38.3 Å². The lowest BCUT2D eigenvalue weighted by Gasteiger charge is -2.23. The summed E-state index contributed by atoms with van der Waals surface area (Å²) in [6.45, 7) is 8.34. The van der Waals surface area contributed by atoms with E-state index in [1.165, 1.54) is 0 Å². The van der Waals surface area contributed by atoms with Crippen molar-refractivity contribution in [3.8, 4) is 0 Å². The number of amides is 2. The van der Waals surface area contributed by atoms with Crippen LogP contribution in [-0.4, -0.2) is 11.8 Å². The Labute approximate surface area is 155 Å². The number of hydrogen-bond donors (Lipinski definition) is 2. The fraction of sp³-hybridized carbons (Fsp3) is 0.364. The third-order valence-electron chi connectivity index (χ3n) is 4.74. The van der Waals surface area contributed by atoms with E-state index < -0.39 is 0 Å². The third kappa shape index (κ3) is 4.13. The highest BCUT2D eigenvalue weighted by molar-refractivity contribution is 6.03. The Morgan fingerprint density at radius 3 is 2.23 bits per heavy atom. The van der Waals surface area contributed by atoms with Crippen LogP contribution in [0.25, 0.3) is 0 Å². The normalized spacial score (nSPS) is 18.9. The van der Waals surface area contributed by atoms with E-state index in [1.54, 1.807) is 0 Å². The number of carbonyl (C=O) groups is 2. The van der Waals surface area contributed by atoms with Crippen molar-refractivity contribution in [2.45, 2.75) is 39.5 Å². The van der Waals surface area contributed by atoms with Gasteiger partial charge in [0.25, 0.3) is 0 Å². The summed E-state index contributed by atoms with van der Waals surface area (Å²) in [6.07, 6.45) is 0.598. The summed E-state index contributed by atoms with van der Waals surface area (Å²) in [5, 5.41) is 5.93. The molecule has 0 bridgehead atoms. The van der Waals surface area contributed by atoms with Gasteiger partial charge in [-0.25, -0.2) is 0 Å². The van der Waals surface area contributed by atoms with Crippen LogP contribution in [0, 0.1) is 18.8 Å². The zero-order valence-electron chi connectivity index (χ0n) is 15.8. The SMILES string of the molecule is Cc1cccc(NC(=O)C2CC2C(=O)Nc2ccccc2C(C)(C)C)c1. The molecule has 4 nitrogen and oxygen atoms in total. The van der Waals surface area contributed by atoms with Crippen LogP contribution in [0.4, 0.5) is 11.4 Å². The molecule has 0 heterocycles. The van der Waals surface area contributed by atoms with Gasteiger partial charge in [0.1, 0.15) is 0 Å². The van der Waals surface area contributed by atoms with Crippen LogP contribution in [0.3, 0.4) is 0 Å². The predicted molar refractivity (Wildman–Crippen MR) is 105 cm³/mol. The topological polar surface area (TPSA) is 58.2 Å². The Morgan fingerprint density at radius 2 is 1.58 bits per heavy atom. The minimum atomic E-state index is -0.257. The summed E-state index contributed by atoms with van der Waals surface area (Å²) in [6, 6.07) is 15.5. The molecule has 2 N–H and O–H groups in total. The van der Waals surface area contributed by atoms with E-state index in [4.69, 9.17) is 0 Å². The van der Waals surface area contributed by atoms with Crippen molar-refractivity contribution >= 4 is 23.2 Å². The fourth-order valence-corrected chi connectivity index (χ4v) is 3.20. The summed E-state index contributed by atoms with van der Waals surface area (Å²) in [5.41, 5.74) is 3.73. The molecule has 0 aliphatic heterocycles. The van der Waals surface area contributed by atoms with E-state index in [-0.39, 0.29) is 29.1 Å². The Balaban J connectivity index is 1.62. The second-order valence-electron chi connectivity index (χ2n) is 8.09. The molecule has 2 amide bonds. The minimum absolute atomic E-state index is 0.0601. The number of anilines is 2. The highest BCUT2D eigenvalue weighted by Gasteiger charge is 2.48. The maximum Gasteiger partial charge on any atom is 0.228 e. The van der Waals surface area contributed by atoms with Crippen molar-refractivity contribution in [3.63, 3.8) is 0 Å². The number of carbonyl (C=O) groups excluding carboxylic acids is 2. The van der Waals surface area contributed by atoms with Gasteiger partial charge in [-0.2, -0.15) is 0 Å². The van der Waals surface area contributed by atoms with Crippen LogP contribution < -0.4 is 10.6 Å². The zero-order valence-corrected chi connectivity index (χ0v) is 15.8. The Hall–Kier alpha value is -2.62. The molecule has 2 atom stereocenters. The molecule has 4 heteroatoms. The minimum Gasteiger partial charge on any atom is -0.326 e. The van der Waals surface area contributed by atoms with Gasteiger partial charge in [-0.1, -0.05) is 51.1 Å². The quantitative estimate of drug-likeness (QED) is 0.852. The van der Waals surface area contributed by atoms with Gasteiger partial charge < -0.3 is 10.6 Å². The van der Waals surface area contributed by atoms with Gasteiger partial charge in [0.05, 0.1) is 11.8 Å². The maximum atomic E-state index is 12.6. The molecule has 3 rings (SSSR count). The number of para-hydroxylation sites is 1. The number of aryl methyl sites for hydroxylation is 1. The van der Waals surface area contributed by atoms with Gasteiger partial charge in [-0.15, -0.1) is 0 Å². The third-order valence-corrected chi connectivity index (χ3v) is 4.74. The summed E-state index contributed by atoms with van der Waals surface area (Å²) in [7, 11) is 0. The molecule has 1 aliphatic rings. The van der Waals surface area contributed by atoms with Crippen LogP contribution in [0.2, 0.25) is 0 Å². The van der Waals surface area contributed by atoms with E-state index in [1.807, 2.05) is 55.5 Å². The number of nitrogens with one attached hydrogen (secondary N) is 2. The van der Waals surface area contributed by atoms with E-state index >= 15 is 0 Å². The first-order valence-corrected chi connectivity index (χ1v) is 9.03. The van der Waals surface area contributed by atoms with E-state index in [2.05, 4.69) is 31.4 Å². The smallest absolute Gasteiger partial charge is 0.228 e. The van der Waals surface area contributed by atoms with Crippen molar-refractivity contribution < 1.29 is 9.59 Å². The van der Waals surface area contributed by atoms with Gasteiger partial charge in [0.2, 0.25) is 11.8 Å². The second-order valence-corrected chi connectivity index (χ2v) is 8.09. The Bertz CT molecular complexity index is 836. The van der Waals surface area contributed by atoms with Crippen LogP contribution in [0.5, 0.6) is 0 Å². The van der Waals surface area contributed by atoms with Gasteiger partial charge in [0.15, 0.2) is 0 Å². The molecule has 0 radical (unpaired) electrons. The first kappa shape index (κ1) is 18.2. The summed E-state index contributed by atoms with van der Waals surface area (Å²) < 4.78 is 0. The van der Waals surface area contributed by atoms with Crippen molar-refractivity contribution in [1.82, 2.24) is 0 Å². The van der Waals surface area contributed by atoms with E-state index in [0.717, 1.165) is 22.5 Å². The molecule has 2 aromatic rings. The van der Waals surface area contributed by atoms with Crippen molar-refractivity contribution in [1.29, 1.82) is 0 Å². The molecule has 136 valence electrons. The largest absolute Gasteiger partial charge is 0.326 e. The molecule has 0 aromatic heterocycles. The van der Waals surface area contributed by atoms with Crippen molar-refractivity contribution in [3.05, 3.63) is 59.7 Å². The molecule has 2 aromatic carbocycles. The number of hydrogen-bond acceptors (Lipinski definition) is 2. The molecule has 1 aliphatic carbocycles. The molecule has 1 saturated carbocycles. The van der Waals surface area contributed by atoms with Gasteiger partial charge in [-0.05, 0) is 48.1 Å². The van der Waals surface area contributed by atoms with Gasteiger partial charge >= 0.3 is 0 Å². The van der Waals surface area contributed by atoms with Crippen LogP contribution >= 0.6 is 0 Å². The van der Waals surface area contributed by atoms with Crippen LogP contribution in [-0.2, 0) is 15.0 Å². The van der Waals surface area contributed by atoms with Crippen molar-refractivity contribution in [2.24, 2.45) is 11.8 Å². The van der Waals surface area contributed by atoms with Crippen LogP contribution in [0.15, 0.2) is 48.5 Å². The first-order chi connectivity index (χ1) is 12.3. The molecular weight excluding hydrogens is 324 g/mol. The van der Waals surface area contributed by atoms with E-state index in [9.17, 15) is 9.59 Å². The van der Waals surface area contributed by atoms with E-state index in [0.29, 0.717) is 6.42 Å². The highest BCUT2D eigenvalue weighted by atomic mass is 16.2. The summed E-state index contributed by atoms with van der Waals surface area (Å²) >= 11 is 0. The van der Waals surface area contributed by atoms with Crippen molar-refractivity contribution in [2.75, 3.05) is 10.6 Å². The molecule has 0 spiro atoms. The summed E-state index contributed by atoms with van der Waals surface area (Å²) in [5.74, 6) is -0.670. The fourth-order valence-electron chi connectivity index (χ4n) is 3.20. The highest BCUT2D eigenvalue weighted by Crippen LogP contribution is 2.41. The lowest BCUT2D eigenvalue weighted by Crippen LogP contribution is -2.22. The maximum absolute atomic E-state index is 12.6. The Kier molecular flexibility index (Phi) is 4.86. The second kappa shape index (κ2) is 6.94. The van der Waals surface area contributed by atoms with Gasteiger partial charge in [0, 0.05) is 11.4 Å². The molecule has 2 unspecified atom stereocenters. The standard InChI is InChI=1S/C22H26N2O2/c1-14-8-7-9-15(12-14)23-20(25)16-13-17(16)21(26)24-19-11-6-5-10-18(19)22(2,3)4/h5-12,16-17H,13H2,1-4H3,(H,23,25)(H,24,26). The molecule has 1 fully saturated rings. The number of rotatable bonds is 4. The summed E-state index contributed by atoms with van der Waals surface area (Å²) in [4.78, 5) is 25.0. The molecular formula is C22H26N2O2. The average molecular weight is 350 g/mol.